The molecule has 392 valence electrons. The molecule has 0 aromatic heterocycles. The Morgan fingerprint density at radius 3 is 0.750 bits per heavy atom. The van der Waals surface area contributed by atoms with Crippen LogP contribution in [-0.2, 0) is 0 Å². The van der Waals surface area contributed by atoms with E-state index in [2.05, 4.69) is 340 Å². The number of rotatable bonds is 8. The van der Waals surface area contributed by atoms with Crippen LogP contribution in [0.1, 0.15) is 0 Å². The lowest BCUT2D eigenvalue weighted by Crippen LogP contribution is -1.92. The van der Waals surface area contributed by atoms with Crippen molar-refractivity contribution in [3.8, 4) is 89.0 Å². The molecule has 0 aliphatic heterocycles. The van der Waals surface area contributed by atoms with Gasteiger partial charge < -0.3 is 0 Å². The van der Waals surface area contributed by atoms with Gasteiger partial charge in [-0.05, 0) is 190 Å². The first-order valence-corrected chi connectivity index (χ1v) is 29.1. The van der Waals surface area contributed by atoms with Gasteiger partial charge in [0.05, 0.1) is 0 Å². The number of hydrogen-bond donors (Lipinski definition) is 0. The molecule has 0 aliphatic rings. The quantitative estimate of drug-likeness (QED) is 0.133. The summed E-state index contributed by atoms with van der Waals surface area (Å²) in [6.45, 7) is 0. The van der Waals surface area contributed by atoms with Crippen LogP contribution in [0.5, 0.6) is 0 Å². The molecule has 16 aromatic rings. The zero-order valence-electron chi connectivity index (χ0n) is 46.3. The highest BCUT2D eigenvalue weighted by atomic mass is 14.2. The second-order valence-corrected chi connectivity index (χ2v) is 21.8. The maximum Gasteiger partial charge on any atom is -0.00259 e. The van der Waals surface area contributed by atoms with Crippen LogP contribution < -0.4 is 0 Å². The fourth-order valence-electron chi connectivity index (χ4n) is 13.0. The zero-order chi connectivity index (χ0) is 55.8. The molecule has 0 nitrogen and oxygen atoms in total. The summed E-state index contributed by atoms with van der Waals surface area (Å²) in [4.78, 5) is 0. The minimum atomic E-state index is 1.22. The first kappa shape index (κ1) is 50.1. The molecule has 0 saturated carbocycles. The molecule has 0 aliphatic carbocycles. The van der Waals surface area contributed by atoms with Gasteiger partial charge in [-0.1, -0.05) is 303 Å². The van der Waals surface area contributed by atoms with Crippen LogP contribution in [0.3, 0.4) is 0 Å². The Balaban J connectivity index is 0.000000143. The Morgan fingerprint density at radius 2 is 0.381 bits per heavy atom. The lowest BCUT2D eigenvalue weighted by molar-refractivity contribution is 1.58. The van der Waals surface area contributed by atoms with E-state index in [1.807, 2.05) is 0 Å². The molecule has 0 bridgehead atoms. The van der Waals surface area contributed by atoms with Gasteiger partial charge in [0, 0.05) is 0 Å². The summed E-state index contributed by atoms with van der Waals surface area (Å²) in [6, 6.07) is 124. The molecule has 16 aromatic carbocycles. The molecule has 84 heavy (non-hydrogen) atoms. The third kappa shape index (κ3) is 9.27. The normalized spacial score (nSPS) is 11.3. The predicted octanol–water partition coefficient (Wildman–Crippen LogP) is 23.6. The van der Waals surface area contributed by atoms with Crippen LogP contribution >= 0.6 is 0 Å². The van der Waals surface area contributed by atoms with Crippen LogP contribution in [0, 0.1) is 0 Å². The Labute approximate surface area is 490 Å². The molecule has 0 atom stereocenters. The predicted molar refractivity (Wildman–Crippen MR) is 361 cm³/mol. The zero-order valence-corrected chi connectivity index (χ0v) is 46.3. The van der Waals surface area contributed by atoms with E-state index in [1.54, 1.807) is 0 Å². The number of fused-ring (bicyclic) bond motifs is 6. The van der Waals surface area contributed by atoms with Gasteiger partial charge in [-0.3, -0.25) is 0 Å². The van der Waals surface area contributed by atoms with E-state index in [0.717, 1.165) is 0 Å². The smallest absolute Gasteiger partial charge is 0.00259 e. The molecule has 0 heterocycles. The van der Waals surface area contributed by atoms with Crippen molar-refractivity contribution >= 4 is 64.6 Å². The van der Waals surface area contributed by atoms with E-state index in [1.165, 1.54) is 154 Å². The van der Waals surface area contributed by atoms with Crippen LogP contribution in [-0.4, -0.2) is 0 Å². The van der Waals surface area contributed by atoms with E-state index in [0.29, 0.717) is 0 Å². The molecule has 0 radical (unpaired) electrons. The summed E-state index contributed by atoms with van der Waals surface area (Å²) in [5, 5.41) is 15.2. The fraction of sp³-hybridized carbons (Fsp3) is 0. The van der Waals surface area contributed by atoms with Gasteiger partial charge in [0.1, 0.15) is 0 Å². The summed E-state index contributed by atoms with van der Waals surface area (Å²) in [5.41, 5.74) is 19.9. The van der Waals surface area contributed by atoms with Crippen molar-refractivity contribution in [1.82, 2.24) is 0 Å². The van der Waals surface area contributed by atoms with Crippen LogP contribution in [0.4, 0.5) is 0 Å². The van der Waals surface area contributed by atoms with Gasteiger partial charge in [-0.25, -0.2) is 0 Å². The van der Waals surface area contributed by atoms with E-state index >= 15 is 0 Å². The van der Waals surface area contributed by atoms with E-state index in [-0.39, 0.29) is 0 Å². The molecule has 0 saturated heterocycles. The standard InChI is InChI=1S/2C42H28/c1-3-14-30(15-4-1)35-26-25-34(28-40(35)31-16-5-2-6-17-31)42-38-21-11-9-19-36(38)41(37-20-10-12-22-39(37)42)33-24-23-29-13-7-8-18-32(29)27-33;1-3-13-29(14-4-1)34-26-35(30-15-5-2-6-16-30)28-36(27-34)42-39-21-11-9-19-37(39)41(38-20-10-12-22-40(38)42)33-24-23-31-17-7-8-18-32(31)25-33/h2*1-28H. The molecule has 0 N–H and O–H groups in total. The second kappa shape index (κ2) is 21.9. The molecule has 16 rings (SSSR count). The van der Waals surface area contributed by atoms with Gasteiger partial charge in [-0.15, -0.1) is 0 Å². The van der Waals surface area contributed by atoms with Gasteiger partial charge in [0.25, 0.3) is 0 Å². The largest absolute Gasteiger partial charge is 0.0622 e. The highest BCUT2D eigenvalue weighted by molar-refractivity contribution is 6.23. The highest BCUT2D eigenvalue weighted by Gasteiger charge is 2.21. The Kier molecular flexibility index (Phi) is 13.0. The van der Waals surface area contributed by atoms with Crippen molar-refractivity contribution in [3.05, 3.63) is 340 Å². The molecule has 0 amide bonds. The third-order valence-electron chi connectivity index (χ3n) is 16.9. The van der Waals surface area contributed by atoms with E-state index < -0.39 is 0 Å². The summed E-state index contributed by atoms with van der Waals surface area (Å²) in [6.07, 6.45) is 0. The van der Waals surface area contributed by atoms with Crippen molar-refractivity contribution in [1.29, 1.82) is 0 Å². The average molecular weight is 1070 g/mol. The molecule has 0 unspecified atom stereocenters. The Bertz CT molecular complexity index is 4930. The lowest BCUT2D eigenvalue weighted by atomic mass is 9.84. The molecule has 0 heteroatoms. The van der Waals surface area contributed by atoms with Gasteiger partial charge in [0.2, 0.25) is 0 Å². The summed E-state index contributed by atoms with van der Waals surface area (Å²) in [5.74, 6) is 0. The maximum atomic E-state index is 2.39. The Morgan fingerprint density at radius 1 is 0.119 bits per heavy atom. The van der Waals surface area contributed by atoms with Crippen LogP contribution in [0.25, 0.3) is 154 Å². The van der Waals surface area contributed by atoms with Gasteiger partial charge in [-0.2, -0.15) is 0 Å². The van der Waals surface area contributed by atoms with E-state index in [9.17, 15) is 0 Å². The fourth-order valence-corrected chi connectivity index (χ4v) is 13.0. The van der Waals surface area contributed by atoms with Crippen LogP contribution in [0.15, 0.2) is 340 Å². The monoisotopic (exact) mass is 1060 g/mol. The van der Waals surface area contributed by atoms with Crippen molar-refractivity contribution < 1.29 is 0 Å². The number of benzene rings is 16. The minimum Gasteiger partial charge on any atom is -0.0622 e. The SMILES string of the molecule is c1ccc(-c2cc(-c3ccccc3)cc(-c3c4ccccc4c(-c4ccc5ccccc5c4)c4ccccc34)c2)cc1.c1ccc(-c2ccc(-c3c4ccccc4c(-c4ccc5ccccc5c4)c4ccccc34)cc2-c2ccccc2)cc1. The molecule has 0 spiro atoms. The van der Waals surface area contributed by atoms with Gasteiger partial charge in [0.15, 0.2) is 0 Å². The molecular formula is C84H56. The molecule has 0 fully saturated rings. The highest BCUT2D eigenvalue weighted by Crippen LogP contribution is 2.48. The summed E-state index contributed by atoms with van der Waals surface area (Å²) in [7, 11) is 0. The Hall–Kier alpha value is -10.9. The topological polar surface area (TPSA) is 0 Å². The van der Waals surface area contributed by atoms with Crippen LogP contribution in [0.2, 0.25) is 0 Å². The van der Waals surface area contributed by atoms with Gasteiger partial charge >= 0.3 is 0 Å². The first-order valence-electron chi connectivity index (χ1n) is 29.1. The number of hydrogen-bond acceptors (Lipinski definition) is 0. The van der Waals surface area contributed by atoms with Crippen molar-refractivity contribution in [2.75, 3.05) is 0 Å². The van der Waals surface area contributed by atoms with Crippen molar-refractivity contribution in [2.24, 2.45) is 0 Å². The van der Waals surface area contributed by atoms with E-state index in [4.69, 9.17) is 0 Å². The molecular weight excluding hydrogens is 1010 g/mol. The van der Waals surface area contributed by atoms with Crippen molar-refractivity contribution in [3.63, 3.8) is 0 Å². The summed E-state index contributed by atoms with van der Waals surface area (Å²) >= 11 is 0. The second-order valence-electron chi connectivity index (χ2n) is 21.8. The average Bonchev–Trinajstić information content (AvgIpc) is 1.14. The van der Waals surface area contributed by atoms with Crippen molar-refractivity contribution in [2.45, 2.75) is 0 Å². The third-order valence-corrected chi connectivity index (χ3v) is 16.9. The lowest BCUT2D eigenvalue weighted by Gasteiger charge is -2.19. The summed E-state index contributed by atoms with van der Waals surface area (Å²) < 4.78 is 0. The maximum absolute atomic E-state index is 2.39. The first-order chi connectivity index (χ1) is 41.7. The minimum absolute atomic E-state index is 1.22.